The Kier molecular flexibility index (Phi) is 10.8. The van der Waals surface area contributed by atoms with Gasteiger partial charge in [-0.3, -0.25) is 28.0 Å². The van der Waals surface area contributed by atoms with E-state index in [1.807, 2.05) is 0 Å². The predicted molar refractivity (Wildman–Crippen MR) is 169 cm³/mol. The van der Waals surface area contributed by atoms with Gasteiger partial charge in [0.2, 0.25) is 5.95 Å². The maximum absolute atomic E-state index is 12.7. The monoisotopic (exact) mass is 822 g/mol. The van der Waals surface area contributed by atoms with Crippen molar-refractivity contribution in [3.05, 3.63) is 29.3 Å². The maximum Gasteiger partial charge on any atom is 0.280 e. The minimum Gasteiger partial charge on any atom is -0.756 e. The van der Waals surface area contributed by atoms with E-state index in [1.54, 1.807) is 0 Å². The van der Waals surface area contributed by atoms with Gasteiger partial charge in [-0.05, 0) is 0 Å². The number of aromatic nitrogens is 8. The zero-order chi connectivity index (χ0) is 39.6. The topological polar surface area (TPSA) is 422 Å². The van der Waals surface area contributed by atoms with Crippen LogP contribution in [0.25, 0.3) is 22.3 Å². The number of imidazole rings is 2. The zero-order valence-corrected chi connectivity index (χ0v) is 29.3. The standard InChI is InChI=1S/C25H34N10O18P2/c26-18-10-19(28-4-27-18)34(5-29-10)23-17(42)14(39)9(52-23)3-49-55(46,47)53-54(44,45)48-2-8-13(38)15(40)22(50-8)33-25-31-20-11(21(43)32-25)30-6-35(20)24-16(41)12(37)7(1-36)51-24/h4-9,12-17,22-24,36-42H,1-3H2,(H,44,45)(H,46,47)(H2,26,27,28)(H2,31,32,33,43)/p-2/t7-,8-,9-,12-,13-,14-,15-,16-,17-,22?,23-,24-/m1/s1. The Morgan fingerprint density at radius 2 is 1.33 bits per heavy atom. The Bertz CT molecular complexity index is 2190. The Labute approximate surface area is 304 Å². The summed E-state index contributed by atoms with van der Waals surface area (Å²) in [6.45, 7) is -2.77. The van der Waals surface area contributed by atoms with E-state index in [2.05, 4.69) is 48.6 Å². The van der Waals surface area contributed by atoms with Crippen molar-refractivity contribution in [2.75, 3.05) is 30.9 Å². The van der Waals surface area contributed by atoms with Gasteiger partial charge in [0.05, 0.1) is 32.5 Å². The number of nitrogens with zero attached hydrogens (tertiary/aromatic N) is 7. The molecule has 0 spiro atoms. The molecule has 14 atom stereocenters. The fraction of sp³-hybridized carbons (Fsp3) is 0.600. The number of ether oxygens (including phenoxy) is 3. The summed E-state index contributed by atoms with van der Waals surface area (Å²) in [5.41, 5.74) is 4.79. The molecule has 4 aromatic rings. The first-order valence-corrected chi connectivity index (χ1v) is 18.8. The van der Waals surface area contributed by atoms with Crippen LogP contribution in [0.2, 0.25) is 0 Å². The Hall–Kier alpha value is -3.64. The normalized spacial score (nSPS) is 34.7. The Morgan fingerprint density at radius 1 is 0.782 bits per heavy atom. The minimum atomic E-state index is -5.80. The van der Waals surface area contributed by atoms with Gasteiger partial charge in [0.1, 0.15) is 66.8 Å². The maximum atomic E-state index is 12.7. The van der Waals surface area contributed by atoms with E-state index in [1.165, 1.54) is 10.9 Å². The van der Waals surface area contributed by atoms with Gasteiger partial charge in [-0.25, -0.2) is 24.2 Å². The van der Waals surface area contributed by atoms with Gasteiger partial charge < -0.3 is 79.8 Å². The first kappa shape index (κ1) is 39.6. The van der Waals surface area contributed by atoms with E-state index < -0.39 is 115 Å². The van der Waals surface area contributed by atoms with Gasteiger partial charge in [-0.2, -0.15) is 4.98 Å². The number of phosphoric acid groups is 2. The second-order valence-electron chi connectivity index (χ2n) is 12.4. The molecule has 55 heavy (non-hydrogen) atoms. The summed E-state index contributed by atoms with van der Waals surface area (Å²) in [5.74, 6) is -0.363. The molecule has 28 nitrogen and oxygen atoms in total. The number of hydrogen-bond acceptors (Lipinski definition) is 25. The molecule has 3 aliphatic rings. The molecule has 3 saturated heterocycles. The van der Waals surface area contributed by atoms with Gasteiger partial charge in [-0.1, -0.05) is 0 Å². The summed E-state index contributed by atoms with van der Waals surface area (Å²) in [5, 5.41) is 74.5. The molecule has 0 aromatic carbocycles. The number of aliphatic hydroxyl groups excluding tert-OH is 7. The summed E-state index contributed by atoms with van der Waals surface area (Å²) in [6.07, 6.45) is -15.3. The van der Waals surface area contributed by atoms with Crippen molar-refractivity contribution in [2.24, 2.45) is 0 Å². The first-order chi connectivity index (χ1) is 26.0. The van der Waals surface area contributed by atoms with Crippen LogP contribution in [0.1, 0.15) is 12.5 Å². The van der Waals surface area contributed by atoms with Gasteiger partial charge in [0, 0.05) is 0 Å². The van der Waals surface area contributed by atoms with E-state index in [0.717, 1.165) is 17.2 Å². The highest BCUT2D eigenvalue weighted by atomic mass is 31.3. The number of phosphoric ester groups is 2. The minimum absolute atomic E-state index is 0.0138. The third-order valence-electron chi connectivity index (χ3n) is 8.86. The van der Waals surface area contributed by atoms with E-state index in [9.17, 15) is 59.5 Å². The lowest BCUT2D eigenvalue weighted by Crippen LogP contribution is -2.37. The second-order valence-corrected chi connectivity index (χ2v) is 15.3. The number of nitrogen functional groups attached to an aromatic ring is 1. The third-order valence-corrected chi connectivity index (χ3v) is 11.4. The lowest BCUT2D eigenvalue weighted by molar-refractivity contribution is -0.246. The molecule has 7 heterocycles. The average molecular weight is 823 g/mol. The van der Waals surface area contributed by atoms with Gasteiger partial charge >= 0.3 is 0 Å². The van der Waals surface area contributed by atoms with Gasteiger partial charge in [-0.15, -0.1) is 0 Å². The van der Waals surface area contributed by atoms with Crippen LogP contribution in [-0.4, -0.2) is 156 Å². The summed E-state index contributed by atoms with van der Waals surface area (Å²) in [7, 11) is -11.6. The van der Waals surface area contributed by atoms with Crippen LogP contribution in [0.3, 0.4) is 0 Å². The summed E-state index contributed by atoms with van der Waals surface area (Å²) >= 11 is 0. The first-order valence-electron chi connectivity index (χ1n) is 15.9. The van der Waals surface area contributed by atoms with Crippen molar-refractivity contribution in [1.82, 2.24) is 39.0 Å². The number of anilines is 2. The van der Waals surface area contributed by atoms with Crippen LogP contribution in [0.15, 0.2) is 23.8 Å². The molecule has 0 radical (unpaired) electrons. The molecular weight excluding hydrogens is 790 g/mol. The van der Waals surface area contributed by atoms with E-state index in [0.29, 0.717) is 0 Å². The molecule has 3 fully saturated rings. The van der Waals surface area contributed by atoms with Crippen LogP contribution in [0.4, 0.5) is 11.8 Å². The second kappa shape index (κ2) is 15.0. The molecule has 7 rings (SSSR count). The van der Waals surface area contributed by atoms with Crippen LogP contribution in [0.5, 0.6) is 0 Å². The van der Waals surface area contributed by atoms with E-state index in [4.69, 9.17) is 19.9 Å². The lowest BCUT2D eigenvalue weighted by Gasteiger charge is -2.32. The highest BCUT2D eigenvalue weighted by Gasteiger charge is 2.47. The van der Waals surface area contributed by atoms with Crippen molar-refractivity contribution in [3.63, 3.8) is 0 Å². The van der Waals surface area contributed by atoms with Crippen molar-refractivity contribution in [1.29, 1.82) is 0 Å². The molecule has 3 aliphatic heterocycles. The molecule has 30 heteroatoms. The van der Waals surface area contributed by atoms with Crippen LogP contribution >= 0.6 is 15.6 Å². The van der Waals surface area contributed by atoms with Gasteiger partial charge in [0.25, 0.3) is 21.2 Å². The largest absolute Gasteiger partial charge is 0.756 e. The Morgan fingerprint density at radius 3 is 1.95 bits per heavy atom. The lowest BCUT2D eigenvalue weighted by atomic mass is 10.1. The number of H-pyrrole nitrogens is 1. The number of aromatic amines is 1. The molecule has 11 N–H and O–H groups in total. The number of nitrogens with two attached hydrogens (primary N) is 1. The van der Waals surface area contributed by atoms with Crippen molar-refractivity contribution in [2.45, 2.75) is 73.6 Å². The molecule has 3 unspecified atom stereocenters. The molecule has 0 amide bonds. The molecular formula is C25H32N10O18P2-2. The quantitative estimate of drug-likeness (QED) is 0.0561. The molecule has 4 aromatic heterocycles. The Balaban J connectivity index is 0.941. The highest BCUT2D eigenvalue weighted by molar-refractivity contribution is 7.59. The number of hydrogen-bond donors (Lipinski definition) is 10. The van der Waals surface area contributed by atoms with Crippen molar-refractivity contribution < 1.29 is 82.2 Å². The van der Waals surface area contributed by atoms with Crippen molar-refractivity contribution >= 4 is 49.7 Å². The average Bonchev–Trinajstić information content (AvgIpc) is 3.93. The fourth-order valence-corrected chi connectivity index (χ4v) is 8.10. The number of fused-ring (bicyclic) bond motifs is 2. The van der Waals surface area contributed by atoms with Crippen LogP contribution in [0, 0.1) is 0 Å². The zero-order valence-electron chi connectivity index (χ0n) is 27.5. The fourth-order valence-electron chi connectivity index (χ4n) is 6.08. The smallest absolute Gasteiger partial charge is 0.280 e. The highest BCUT2D eigenvalue weighted by Crippen LogP contribution is 2.56. The summed E-state index contributed by atoms with van der Waals surface area (Å²) in [4.78, 5) is 59.8. The van der Waals surface area contributed by atoms with Crippen LogP contribution < -0.4 is 26.4 Å². The summed E-state index contributed by atoms with van der Waals surface area (Å²) < 4.78 is 56.8. The number of nitrogens with one attached hydrogen (secondary N) is 2. The summed E-state index contributed by atoms with van der Waals surface area (Å²) in [6, 6.07) is 0. The predicted octanol–water partition coefficient (Wildman–Crippen LogP) is -6.38. The molecule has 302 valence electrons. The molecule has 0 bridgehead atoms. The van der Waals surface area contributed by atoms with Crippen LogP contribution in [-0.2, 0) is 36.7 Å². The molecule has 0 aliphatic carbocycles. The van der Waals surface area contributed by atoms with E-state index >= 15 is 0 Å². The van der Waals surface area contributed by atoms with E-state index in [-0.39, 0.29) is 34.1 Å². The third kappa shape index (κ3) is 7.62. The number of rotatable bonds is 13. The van der Waals surface area contributed by atoms with Crippen molar-refractivity contribution in [3.8, 4) is 0 Å². The number of aliphatic hydroxyl groups is 7. The molecule has 0 saturated carbocycles. The van der Waals surface area contributed by atoms with Gasteiger partial charge in [0.15, 0.2) is 41.3 Å². The SMILES string of the molecule is Nc1ncnc2c1ncn2[C@@H]1O[C@H](COP(=O)([O-])OP(=O)([O-])OC[C@H]2OC(Nc3nc4c(ncn4[C@@H]4O[C@H](CO)[C@@H](O)[C@H]4O)c(=O)[nH]3)[C@H](O)[C@@H]2O)[C@@H](O)[C@H]1O.